The lowest BCUT2D eigenvalue weighted by atomic mass is 9.85. The maximum atomic E-state index is 12.1. The maximum absolute atomic E-state index is 12.1. The second-order valence-corrected chi connectivity index (χ2v) is 7.11. The van der Waals surface area contributed by atoms with E-state index in [0.29, 0.717) is 11.5 Å². The highest BCUT2D eigenvalue weighted by Crippen LogP contribution is 2.33. The lowest BCUT2D eigenvalue weighted by Gasteiger charge is -2.42. The number of anilines is 1. The van der Waals surface area contributed by atoms with Gasteiger partial charge < -0.3 is 15.2 Å². The molecule has 3 N–H and O–H groups in total. The summed E-state index contributed by atoms with van der Waals surface area (Å²) in [6.45, 7) is 0.866. The van der Waals surface area contributed by atoms with E-state index < -0.39 is 18.0 Å². The minimum absolute atomic E-state index is 0.00529. The molecule has 2 amide bonds. The Balaban J connectivity index is 1.45. The summed E-state index contributed by atoms with van der Waals surface area (Å²) < 4.78 is 4.64. The lowest BCUT2D eigenvalue weighted by Crippen LogP contribution is -2.55. The van der Waals surface area contributed by atoms with Crippen molar-refractivity contribution in [1.82, 2.24) is 15.2 Å². The fourth-order valence-corrected chi connectivity index (χ4v) is 3.23. The van der Waals surface area contributed by atoms with Gasteiger partial charge in [-0.2, -0.15) is 0 Å². The van der Waals surface area contributed by atoms with Gasteiger partial charge in [-0.3, -0.25) is 15.0 Å². The standard InChI is InChI=1S/C18H24N4O5/c1-27-17(25)12-4-5-19-15(6-12)21-18(26)20-13-7-14(8-13)22(10-16(23)24)9-11-2-3-11/h4-6,11,13-14H,2-3,7-10H2,1H3,(H,23,24)(H2,19,20,21,26). The van der Waals surface area contributed by atoms with Crippen molar-refractivity contribution >= 4 is 23.8 Å². The number of nitrogens with zero attached hydrogens (tertiary/aromatic N) is 2. The summed E-state index contributed by atoms with van der Waals surface area (Å²) in [5, 5.41) is 14.5. The molecule has 27 heavy (non-hydrogen) atoms. The number of ether oxygens (including phenoxy) is 1. The Labute approximate surface area is 157 Å². The van der Waals surface area contributed by atoms with Gasteiger partial charge in [-0.25, -0.2) is 14.6 Å². The zero-order valence-electron chi connectivity index (χ0n) is 15.2. The predicted molar refractivity (Wildman–Crippen MR) is 96.5 cm³/mol. The van der Waals surface area contributed by atoms with Gasteiger partial charge in [-0.1, -0.05) is 0 Å². The molecule has 0 radical (unpaired) electrons. The summed E-state index contributed by atoms with van der Waals surface area (Å²) in [7, 11) is 1.28. The van der Waals surface area contributed by atoms with Crippen molar-refractivity contribution in [2.24, 2.45) is 5.92 Å². The number of carboxylic acid groups (broad SMARTS) is 1. The van der Waals surface area contributed by atoms with Gasteiger partial charge in [0.25, 0.3) is 0 Å². The zero-order chi connectivity index (χ0) is 19.4. The third kappa shape index (κ3) is 5.40. The van der Waals surface area contributed by atoms with Crippen LogP contribution in [-0.2, 0) is 9.53 Å². The molecule has 2 fully saturated rings. The number of rotatable bonds is 8. The van der Waals surface area contributed by atoms with Crippen molar-refractivity contribution in [2.75, 3.05) is 25.5 Å². The van der Waals surface area contributed by atoms with Gasteiger partial charge in [0.2, 0.25) is 0 Å². The summed E-state index contributed by atoms with van der Waals surface area (Å²) in [5.41, 5.74) is 0.302. The van der Waals surface area contributed by atoms with Crippen LogP contribution in [0, 0.1) is 5.92 Å². The number of methoxy groups -OCH3 is 1. The number of nitrogens with one attached hydrogen (secondary N) is 2. The largest absolute Gasteiger partial charge is 0.480 e. The summed E-state index contributed by atoms with van der Waals surface area (Å²) in [6.07, 6.45) is 5.21. The van der Waals surface area contributed by atoms with Gasteiger partial charge in [-0.05, 0) is 43.7 Å². The van der Waals surface area contributed by atoms with E-state index in [9.17, 15) is 14.4 Å². The summed E-state index contributed by atoms with van der Waals surface area (Å²) in [4.78, 5) is 40.7. The Kier molecular flexibility index (Phi) is 5.90. The second kappa shape index (κ2) is 8.34. The first-order chi connectivity index (χ1) is 12.9. The third-order valence-corrected chi connectivity index (χ3v) is 4.92. The van der Waals surface area contributed by atoms with Crippen molar-refractivity contribution in [1.29, 1.82) is 0 Å². The fraction of sp³-hybridized carbons (Fsp3) is 0.556. The smallest absolute Gasteiger partial charge is 0.338 e. The van der Waals surface area contributed by atoms with Crippen LogP contribution in [0.4, 0.5) is 10.6 Å². The number of carbonyl (C=O) groups is 3. The quantitative estimate of drug-likeness (QED) is 0.585. The first-order valence-electron chi connectivity index (χ1n) is 9.02. The van der Waals surface area contributed by atoms with E-state index in [1.165, 1.54) is 38.3 Å². The number of pyridine rings is 1. The van der Waals surface area contributed by atoms with E-state index in [0.717, 1.165) is 19.4 Å². The molecule has 2 saturated carbocycles. The molecule has 1 aromatic heterocycles. The molecular formula is C18H24N4O5. The molecule has 2 aliphatic rings. The number of urea groups is 1. The van der Waals surface area contributed by atoms with Crippen molar-refractivity contribution in [3.05, 3.63) is 23.9 Å². The average Bonchev–Trinajstić information content (AvgIpc) is 3.40. The average molecular weight is 376 g/mol. The topological polar surface area (TPSA) is 121 Å². The summed E-state index contributed by atoms with van der Waals surface area (Å²) in [6, 6.07) is 2.73. The molecule has 0 unspecified atom stereocenters. The van der Waals surface area contributed by atoms with Crippen LogP contribution in [0.15, 0.2) is 18.3 Å². The highest BCUT2D eigenvalue weighted by Gasteiger charge is 2.37. The van der Waals surface area contributed by atoms with E-state index in [-0.39, 0.29) is 24.4 Å². The first kappa shape index (κ1) is 19.1. The molecule has 1 aromatic rings. The molecule has 0 atom stereocenters. The zero-order valence-corrected chi connectivity index (χ0v) is 15.2. The number of aliphatic carboxylic acids is 1. The Morgan fingerprint density at radius 1 is 1.33 bits per heavy atom. The van der Waals surface area contributed by atoms with E-state index >= 15 is 0 Å². The number of aromatic nitrogens is 1. The SMILES string of the molecule is COC(=O)c1ccnc(NC(=O)NC2CC(N(CC(=O)O)CC3CC3)C2)c1. The van der Waals surface area contributed by atoms with Gasteiger partial charge in [0.05, 0.1) is 19.2 Å². The fourth-order valence-electron chi connectivity index (χ4n) is 3.23. The Morgan fingerprint density at radius 3 is 2.70 bits per heavy atom. The third-order valence-electron chi connectivity index (χ3n) is 4.92. The molecule has 0 saturated heterocycles. The van der Waals surface area contributed by atoms with Crippen molar-refractivity contribution < 1.29 is 24.2 Å². The van der Waals surface area contributed by atoms with E-state index in [4.69, 9.17) is 5.11 Å². The van der Waals surface area contributed by atoms with Crippen LogP contribution in [-0.4, -0.2) is 65.2 Å². The van der Waals surface area contributed by atoms with Crippen LogP contribution >= 0.6 is 0 Å². The van der Waals surface area contributed by atoms with Crippen LogP contribution in [0.2, 0.25) is 0 Å². The van der Waals surface area contributed by atoms with Gasteiger partial charge in [0, 0.05) is 24.8 Å². The molecule has 0 spiro atoms. The van der Waals surface area contributed by atoms with E-state index in [2.05, 4.69) is 20.4 Å². The van der Waals surface area contributed by atoms with E-state index in [1.807, 2.05) is 4.90 Å². The number of amides is 2. The van der Waals surface area contributed by atoms with Crippen molar-refractivity contribution in [3.63, 3.8) is 0 Å². The second-order valence-electron chi connectivity index (χ2n) is 7.11. The molecule has 3 rings (SSSR count). The molecule has 146 valence electrons. The molecule has 0 bridgehead atoms. The van der Waals surface area contributed by atoms with Crippen LogP contribution in [0.25, 0.3) is 0 Å². The normalized spacial score (nSPS) is 21.3. The van der Waals surface area contributed by atoms with E-state index in [1.54, 1.807) is 0 Å². The number of hydrogen-bond acceptors (Lipinski definition) is 6. The summed E-state index contributed by atoms with van der Waals surface area (Å²) in [5.74, 6) is -0.446. The Bertz CT molecular complexity index is 715. The molecule has 0 aliphatic heterocycles. The number of hydrogen-bond donors (Lipinski definition) is 3. The summed E-state index contributed by atoms with van der Waals surface area (Å²) >= 11 is 0. The van der Waals surface area contributed by atoms with Gasteiger partial charge in [-0.15, -0.1) is 0 Å². The monoisotopic (exact) mass is 376 g/mol. The minimum Gasteiger partial charge on any atom is -0.480 e. The molecular weight excluding hydrogens is 352 g/mol. The molecule has 9 nitrogen and oxygen atoms in total. The Morgan fingerprint density at radius 2 is 2.07 bits per heavy atom. The number of carbonyl (C=O) groups excluding carboxylic acids is 2. The molecule has 1 heterocycles. The van der Waals surface area contributed by atoms with Gasteiger partial charge >= 0.3 is 18.0 Å². The van der Waals surface area contributed by atoms with Crippen LogP contribution in [0.5, 0.6) is 0 Å². The van der Waals surface area contributed by atoms with Crippen LogP contribution in [0.3, 0.4) is 0 Å². The van der Waals surface area contributed by atoms with Gasteiger partial charge in [0.1, 0.15) is 5.82 Å². The van der Waals surface area contributed by atoms with Gasteiger partial charge in [0.15, 0.2) is 0 Å². The van der Waals surface area contributed by atoms with Crippen molar-refractivity contribution in [2.45, 2.75) is 37.8 Å². The minimum atomic E-state index is -0.818. The molecule has 0 aromatic carbocycles. The number of esters is 1. The van der Waals surface area contributed by atoms with Crippen LogP contribution in [0.1, 0.15) is 36.0 Å². The highest BCUT2D eigenvalue weighted by molar-refractivity contribution is 5.93. The first-order valence-corrected chi connectivity index (χ1v) is 9.02. The van der Waals surface area contributed by atoms with Crippen molar-refractivity contribution in [3.8, 4) is 0 Å². The highest BCUT2D eigenvalue weighted by atomic mass is 16.5. The Hall–Kier alpha value is -2.68. The predicted octanol–water partition coefficient (Wildman–Crippen LogP) is 1.32. The molecule has 9 heteroatoms. The number of carboxylic acids is 1. The van der Waals surface area contributed by atoms with Crippen LogP contribution < -0.4 is 10.6 Å². The lowest BCUT2D eigenvalue weighted by molar-refractivity contribution is -0.139. The maximum Gasteiger partial charge on any atom is 0.338 e. The molecule has 2 aliphatic carbocycles.